The number of esters is 1. The van der Waals surface area contributed by atoms with Gasteiger partial charge in [0.2, 0.25) is 0 Å². The normalized spacial score (nSPS) is 16.3. The van der Waals surface area contributed by atoms with Crippen LogP contribution in [0.15, 0.2) is 91.0 Å². The summed E-state index contributed by atoms with van der Waals surface area (Å²) >= 11 is 3.32. The third kappa shape index (κ3) is 15.8. The lowest BCUT2D eigenvalue weighted by Crippen LogP contribution is -2.34. The number of carbonyl (C=O) groups excluding carboxylic acids is 1. The van der Waals surface area contributed by atoms with Crippen LogP contribution in [-0.2, 0) is 39.8 Å². The van der Waals surface area contributed by atoms with Crippen LogP contribution < -0.4 is 28.9 Å². The van der Waals surface area contributed by atoms with Gasteiger partial charge in [0, 0.05) is 58.4 Å². The molecule has 1 saturated heterocycles. The second kappa shape index (κ2) is 27.1. The van der Waals surface area contributed by atoms with E-state index in [2.05, 4.69) is 120 Å². The number of thiophene rings is 2. The molecule has 1 fully saturated rings. The van der Waals surface area contributed by atoms with E-state index in [0.717, 1.165) is 70.5 Å². The summed E-state index contributed by atoms with van der Waals surface area (Å²) in [4.78, 5) is 23.1. The first kappa shape index (κ1) is 51.5. The lowest BCUT2D eigenvalue weighted by atomic mass is 10.1. The van der Waals surface area contributed by atoms with Gasteiger partial charge in [-0.25, -0.2) is 4.79 Å². The van der Waals surface area contributed by atoms with Gasteiger partial charge >= 0.3 is 5.97 Å². The van der Waals surface area contributed by atoms with Gasteiger partial charge in [0.15, 0.2) is 0 Å². The molecule has 3 aliphatic rings. The van der Waals surface area contributed by atoms with Crippen molar-refractivity contribution in [1.29, 1.82) is 0 Å². The number of aryl methyl sites for hydroxylation is 2. The van der Waals surface area contributed by atoms with Gasteiger partial charge in [-0.2, -0.15) is 0 Å². The van der Waals surface area contributed by atoms with Crippen molar-refractivity contribution < 1.29 is 47.4 Å². The van der Waals surface area contributed by atoms with Crippen LogP contribution in [0.2, 0.25) is 0 Å². The Morgan fingerprint density at radius 1 is 0.609 bits per heavy atom. The predicted molar refractivity (Wildman–Crippen MR) is 278 cm³/mol. The Morgan fingerprint density at radius 3 is 1.70 bits per heavy atom. The molecule has 5 heterocycles. The number of rotatable bonds is 11. The number of nitrogens with zero attached hydrogens (tertiary/aromatic N) is 3. The van der Waals surface area contributed by atoms with Crippen LogP contribution in [0.5, 0.6) is 17.2 Å². The Bertz CT molecular complexity index is 2330. The minimum atomic E-state index is -0.382. The average molecular weight is 982 g/mol. The monoisotopic (exact) mass is 981 g/mol. The summed E-state index contributed by atoms with van der Waals surface area (Å²) in [6.07, 6.45) is 4.24. The highest BCUT2D eigenvalue weighted by atomic mass is 32.1. The van der Waals surface area contributed by atoms with Gasteiger partial charge < -0.3 is 57.3 Å². The molecule has 0 aliphatic carbocycles. The van der Waals surface area contributed by atoms with Crippen LogP contribution in [0.1, 0.15) is 33.4 Å². The fourth-order valence-electron chi connectivity index (χ4n) is 7.78. The summed E-state index contributed by atoms with van der Waals surface area (Å²) in [7, 11) is 1.68. The topological polar surface area (TPSA) is 110 Å². The highest BCUT2D eigenvalue weighted by Gasteiger charge is 2.20. The Balaban J connectivity index is 1.17. The summed E-state index contributed by atoms with van der Waals surface area (Å²) in [5.41, 5.74) is 6.50. The highest BCUT2D eigenvalue weighted by molar-refractivity contribution is 7.22. The van der Waals surface area contributed by atoms with Crippen LogP contribution in [0.4, 0.5) is 17.1 Å². The maximum absolute atomic E-state index is 11.9. The lowest BCUT2D eigenvalue weighted by molar-refractivity contribution is -0.140. The number of hydrogen-bond donors (Lipinski definition) is 0. The average Bonchev–Trinajstić information content (AvgIpc) is 4.03. The standard InChI is InChI=1S/C54H67N3O10S2/c1-40(2)54(58)67-39-45-12-17-53(69-45)52-16-11-44(68-52)10-8-43-9-15-48(51(38-43)66-35-30-59-5)57-22-28-64-49-36-41(3)6-13-46(49)55-18-24-60-31-33-62-26-20-56(21-27-63-34-32-61-25-19-55)47-14-7-42(4)37-50(47)65-29-23-57/h6-17,36-38H,1,18-35,39H2,2-5H3/b10-8+. The van der Waals surface area contributed by atoms with Crippen molar-refractivity contribution in [3.8, 4) is 27.0 Å². The second-order valence-electron chi connectivity index (χ2n) is 16.8. The molecule has 0 saturated carbocycles. The van der Waals surface area contributed by atoms with E-state index in [-0.39, 0.29) is 12.6 Å². The minimum Gasteiger partial charge on any atom is -0.490 e. The number of anilines is 3. The lowest BCUT2D eigenvalue weighted by Gasteiger charge is -2.30. The van der Waals surface area contributed by atoms with Gasteiger partial charge in [-0.1, -0.05) is 30.9 Å². The summed E-state index contributed by atoms with van der Waals surface area (Å²) in [5, 5.41) is 0. The zero-order valence-electron chi connectivity index (χ0n) is 40.5. The van der Waals surface area contributed by atoms with Gasteiger partial charge in [-0.15, -0.1) is 22.7 Å². The van der Waals surface area contributed by atoms with Crippen molar-refractivity contribution in [2.75, 3.05) is 140 Å². The molecular weight excluding hydrogens is 915 g/mol. The third-order valence-corrected chi connectivity index (χ3v) is 13.8. The molecule has 0 N–H and O–H groups in total. The van der Waals surface area contributed by atoms with E-state index < -0.39 is 0 Å². The molecule has 0 amide bonds. The third-order valence-electron chi connectivity index (χ3n) is 11.5. The zero-order valence-corrected chi connectivity index (χ0v) is 42.2. The van der Waals surface area contributed by atoms with Gasteiger partial charge in [0.1, 0.15) is 43.7 Å². The van der Waals surface area contributed by atoms with Crippen molar-refractivity contribution in [1.82, 2.24) is 0 Å². The smallest absolute Gasteiger partial charge is 0.333 e. The Hall–Kier alpha value is -5.39. The molecule has 3 aliphatic heterocycles. The van der Waals surface area contributed by atoms with Gasteiger partial charge in [0.25, 0.3) is 0 Å². The van der Waals surface area contributed by atoms with Crippen LogP contribution in [-0.4, -0.2) is 132 Å². The van der Waals surface area contributed by atoms with Crippen LogP contribution in [0, 0.1) is 13.8 Å². The fourth-order valence-corrected chi connectivity index (χ4v) is 9.70. The number of ether oxygens (including phenoxy) is 9. The van der Waals surface area contributed by atoms with E-state index in [9.17, 15) is 4.79 Å². The molecule has 3 aromatic carbocycles. The van der Waals surface area contributed by atoms with E-state index in [1.54, 1.807) is 36.7 Å². The highest BCUT2D eigenvalue weighted by Crippen LogP contribution is 2.37. The Morgan fingerprint density at radius 2 is 1.13 bits per heavy atom. The minimum absolute atomic E-state index is 0.230. The number of carbonyl (C=O) groups is 1. The maximum Gasteiger partial charge on any atom is 0.333 e. The first-order valence-corrected chi connectivity index (χ1v) is 25.4. The Labute approximate surface area is 415 Å². The molecule has 15 heteroatoms. The van der Waals surface area contributed by atoms with Gasteiger partial charge in [-0.05, 0) is 104 Å². The number of hydrogen-bond acceptors (Lipinski definition) is 15. The summed E-state index contributed by atoms with van der Waals surface area (Å²) in [5.74, 6) is 1.96. The molecule has 13 nitrogen and oxygen atoms in total. The molecule has 2 bridgehead atoms. The quantitative estimate of drug-likeness (QED) is 0.0543. The van der Waals surface area contributed by atoms with Gasteiger partial charge in [0.05, 0.1) is 89.6 Å². The van der Waals surface area contributed by atoms with E-state index in [1.165, 1.54) is 0 Å². The van der Waals surface area contributed by atoms with Gasteiger partial charge in [-0.3, -0.25) is 0 Å². The van der Waals surface area contributed by atoms with Crippen molar-refractivity contribution in [2.45, 2.75) is 27.4 Å². The van der Waals surface area contributed by atoms with E-state index >= 15 is 0 Å². The molecular formula is C54H67N3O10S2. The second-order valence-corrected chi connectivity index (χ2v) is 19.1. The van der Waals surface area contributed by atoms with Crippen LogP contribution in [0.25, 0.3) is 21.9 Å². The molecule has 0 unspecified atom stereocenters. The number of benzene rings is 3. The van der Waals surface area contributed by atoms with Crippen molar-refractivity contribution in [2.24, 2.45) is 0 Å². The van der Waals surface area contributed by atoms with E-state index in [4.69, 9.17) is 42.6 Å². The molecule has 0 atom stereocenters. The van der Waals surface area contributed by atoms with Crippen LogP contribution >= 0.6 is 22.7 Å². The summed E-state index contributed by atoms with van der Waals surface area (Å²) < 4.78 is 55.3. The van der Waals surface area contributed by atoms with Crippen molar-refractivity contribution >= 4 is 57.9 Å². The van der Waals surface area contributed by atoms with E-state index in [1.807, 2.05) is 6.07 Å². The largest absolute Gasteiger partial charge is 0.490 e. The first-order valence-electron chi connectivity index (χ1n) is 23.7. The molecule has 5 aromatic rings. The van der Waals surface area contributed by atoms with Crippen molar-refractivity contribution in [3.63, 3.8) is 0 Å². The summed E-state index contributed by atoms with van der Waals surface area (Å²) in [6.45, 7) is 19.2. The zero-order chi connectivity index (χ0) is 48.2. The molecule has 69 heavy (non-hydrogen) atoms. The van der Waals surface area contributed by atoms with E-state index in [0.29, 0.717) is 124 Å². The number of fused-ring (bicyclic) bond motifs is 20. The molecule has 8 rings (SSSR count). The van der Waals surface area contributed by atoms with Crippen molar-refractivity contribution in [3.05, 3.63) is 117 Å². The van der Waals surface area contributed by atoms with Crippen LogP contribution in [0.3, 0.4) is 0 Å². The molecule has 0 radical (unpaired) electrons. The molecule has 2 aromatic heterocycles. The Kier molecular flexibility index (Phi) is 20.2. The number of methoxy groups -OCH3 is 1. The fraction of sp³-hybridized carbons (Fsp3) is 0.426. The summed E-state index contributed by atoms with van der Waals surface area (Å²) in [6, 6.07) is 27.4. The SMILES string of the molecule is C=C(C)C(=O)OCc1ccc(-c2ccc(/C=C/c3ccc(N4CCOc5cc(C)ccc5N5CCOCCOCCN(CCOCCOCC5)c5ccc(C)cc5OCC4)c(OCCOC)c3)s2)s1. The molecule has 0 spiro atoms. The predicted octanol–water partition coefficient (Wildman–Crippen LogP) is 9.58. The first-order chi connectivity index (χ1) is 33.7. The maximum atomic E-state index is 11.9. The molecule has 370 valence electrons.